The maximum Gasteiger partial charge on any atom is 0.313 e. The van der Waals surface area contributed by atoms with Gasteiger partial charge in [0.15, 0.2) is 5.78 Å². The molecule has 0 aliphatic rings. The smallest absolute Gasteiger partial charge is 0.313 e. The fourth-order valence-corrected chi connectivity index (χ4v) is 1.41. The summed E-state index contributed by atoms with van der Waals surface area (Å²) in [6, 6.07) is 6.96. The van der Waals surface area contributed by atoms with Crippen LogP contribution in [0.2, 0.25) is 0 Å². The van der Waals surface area contributed by atoms with Crippen LogP contribution in [0, 0.1) is 18.3 Å². The molecule has 0 amide bonds. The van der Waals surface area contributed by atoms with Gasteiger partial charge in [-0.1, -0.05) is 6.07 Å². The number of nitrogens with zero attached hydrogens (tertiary/aromatic N) is 1. The first-order valence-corrected chi connectivity index (χ1v) is 5.87. The number of hydrogen-bond acceptors (Lipinski definition) is 5. The molecule has 0 heterocycles. The summed E-state index contributed by atoms with van der Waals surface area (Å²) < 4.78 is 9.98. The Balaban J connectivity index is 2.55. The minimum Gasteiger partial charge on any atom is -0.486 e. The number of aryl methyl sites for hydroxylation is 1. The molecule has 19 heavy (non-hydrogen) atoms. The Kier molecular flexibility index (Phi) is 5.55. The van der Waals surface area contributed by atoms with Gasteiger partial charge in [-0.15, -0.1) is 0 Å². The molecular formula is C14H15NO4. The largest absolute Gasteiger partial charge is 0.486 e. The number of Topliss-reactive ketones (excluding diaryl/α,β-unsaturated/α-hetero) is 1. The summed E-state index contributed by atoms with van der Waals surface area (Å²) in [5, 5.41) is 8.77. The quantitative estimate of drug-likeness (QED) is 0.576. The van der Waals surface area contributed by atoms with E-state index in [1.165, 1.54) is 0 Å². The van der Waals surface area contributed by atoms with Crippen molar-refractivity contribution >= 4 is 11.8 Å². The normalized spacial score (nSPS) is 9.53. The van der Waals surface area contributed by atoms with Gasteiger partial charge < -0.3 is 9.47 Å². The second-order valence-electron chi connectivity index (χ2n) is 3.90. The molecule has 0 bridgehead atoms. The minimum absolute atomic E-state index is 0.214. The lowest BCUT2D eigenvalue weighted by molar-refractivity contribution is -0.145. The van der Waals surface area contributed by atoms with E-state index in [0.717, 1.165) is 5.56 Å². The van der Waals surface area contributed by atoms with Crippen molar-refractivity contribution < 1.29 is 19.1 Å². The zero-order valence-corrected chi connectivity index (χ0v) is 10.9. The number of carbonyl (C=O) groups excluding carboxylic acids is 2. The number of hydrogen-bond donors (Lipinski definition) is 0. The third-order valence-corrected chi connectivity index (χ3v) is 2.35. The van der Waals surface area contributed by atoms with Gasteiger partial charge in [-0.3, -0.25) is 9.59 Å². The zero-order valence-electron chi connectivity index (χ0n) is 10.9. The summed E-state index contributed by atoms with van der Waals surface area (Å²) in [7, 11) is 0. The van der Waals surface area contributed by atoms with Crippen LogP contribution in [0.25, 0.3) is 0 Å². The van der Waals surface area contributed by atoms with E-state index in [2.05, 4.69) is 4.74 Å². The molecule has 0 spiro atoms. The number of esters is 1. The fraction of sp³-hybridized carbons (Fsp3) is 0.357. The lowest BCUT2D eigenvalue weighted by atomic mass is 10.1. The van der Waals surface area contributed by atoms with E-state index in [9.17, 15) is 9.59 Å². The Morgan fingerprint density at radius 1 is 1.37 bits per heavy atom. The molecule has 100 valence electrons. The molecule has 0 aliphatic carbocycles. The first kappa shape index (κ1) is 14.7. The lowest BCUT2D eigenvalue weighted by Crippen LogP contribution is -2.17. The number of rotatable bonds is 6. The topological polar surface area (TPSA) is 76.4 Å². The van der Waals surface area contributed by atoms with Crippen LogP contribution in [0.5, 0.6) is 5.75 Å². The van der Waals surface area contributed by atoms with Crippen LogP contribution in [0.3, 0.4) is 0 Å². The van der Waals surface area contributed by atoms with Gasteiger partial charge in [0.2, 0.25) is 0 Å². The Labute approximate surface area is 111 Å². The second kappa shape index (κ2) is 7.17. The van der Waals surface area contributed by atoms with E-state index in [4.69, 9.17) is 10.00 Å². The summed E-state index contributed by atoms with van der Waals surface area (Å²) in [4.78, 5) is 22.6. The van der Waals surface area contributed by atoms with E-state index in [0.29, 0.717) is 11.3 Å². The third-order valence-electron chi connectivity index (χ3n) is 2.35. The van der Waals surface area contributed by atoms with Crippen molar-refractivity contribution in [3.63, 3.8) is 0 Å². The van der Waals surface area contributed by atoms with Crippen LogP contribution in [0.15, 0.2) is 18.2 Å². The van der Waals surface area contributed by atoms with Gasteiger partial charge in [0.05, 0.1) is 18.2 Å². The van der Waals surface area contributed by atoms with Gasteiger partial charge in [0.25, 0.3) is 0 Å². The monoisotopic (exact) mass is 261 g/mol. The minimum atomic E-state index is -0.557. The average molecular weight is 261 g/mol. The van der Waals surface area contributed by atoms with E-state index < -0.39 is 5.97 Å². The summed E-state index contributed by atoms with van der Waals surface area (Å²) in [5.74, 6) is -0.449. The maximum absolute atomic E-state index is 11.5. The number of carbonyl (C=O) groups is 2. The predicted octanol–water partition coefficient (Wildman–Crippen LogP) is 1.77. The molecule has 5 nitrogen and oxygen atoms in total. The van der Waals surface area contributed by atoms with Gasteiger partial charge in [0.1, 0.15) is 18.8 Å². The summed E-state index contributed by atoms with van der Waals surface area (Å²) >= 11 is 0. The summed E-state index contributed by atoms with van der Waals surface area (Å²) in [6.45, 7) is 3.52. The number of benzene rings is 1. The predicted molar refractivity (Wildman–Crippen MR) is 67.6 cm³/mol. The molecule has 1 aromatic carbocycles. The van der Waals surface area contributed by atoms with E-state index >= 15 is 0 Å². The van der Waals surface area contributed by atoms with Crippen molar-refractivity contribution in [2.75, 3.05) is 13.2 Å². The van der Waals surface area contributed by atoms with Gasteiger partial charge >= 0.3 is 5.97 Å². The molecule has 0 atom stereocenters. The highest BCUT2D eigenvalue weighted by molar-refractivity contribution is 5.96. The highest BCUT2D eigenvalue weighted by Gasteiger charge is 2.11. The molecule has 5 heteroatoms. The van der Waals surface area contributed by atoms with E-state index in [1.54, 1.807) is 25.1 Å². The van der Waals surface area contributed by atoms with Gasteiger partial charge in [-0.2, -0.15) is 5.26 Å². The lowest BCUT2D eigenvalue weighted by Gasteiger charge is -2.08. The van der Waals surface area contributed by atoms with E-state index in [-0.39, 0.29) is 25.4 Å². The fourth-order valence-electron chi connectivity index (χ4n) is 1.41. The second-order valence-corrected chi connectivity index (χ2v) is 3.90. The van der Waals surface area contributed by atoms with Crippen LogP contribution < -0.4 is 4.74 Å². The first-order valence-electron chi connectivity index (χ1n) is 5.87. The highest BCUT2D eigenvalue weighted by Crippen LogP contribution is 2.19. The average Bonchev–Trinajstić information content (AvgIpc) is 2.38. The van der Waals surface area contributed by atoms with Crippen LogP contribution >= 0.6 is 0 Å². The Morgan fingerprint density at radius 3 is 2.74 bits per heavy atom. The molecule has 0 radical (unpaired) electrons. The molecule has 1 aromatic rings. The highest BCUT2D eigenvalue weighted by atomic mass is 16.5. The number of ketones is 1. The van der Waals surface area contributed by atoms with Gasteiger partial charge in [-0.05, 0) is 31.5 Å². The molecular weight excluding hydrogens is 246 g/mol. The zero-order chi connectivity index (χ0) is 14.3. The van der Waals surface area contributed by atoms with Crippen LogP contribution in [-0.2, 0) is 14.3 Å². The first-order chi connectivity index (χ1) is 9.06. The van der Waals surface area contributed by atoms with Crippen molar-refractivity contribution in [1.29, 1.82) is 5.26 Å². The summed E-state index contributed by atoms with van der Waals surface area (Å²) in [6.07, 6.45) is -0.301. The van der Waals surface area contributed by atoms with Gasteiger partial charge in [0, 0.05) is 0 Å². The summed E-state index contributed by atoms with van der Waals surface area (Å²) in [5.41, 5.74) is 1.28. The molecule has 0 saturated heterocycles. The molecule has 0 aliphatic heterocycles. The Bertz CT molecular complexity index is 517. The molecule has 0 saturated carbocycles. The standard InChI is InChI=1S/C14H15NO4/c1-3-18-14(17)7-12(16)9-19-13-6-11(8-15)5-4-10(13)2/h4-6H,3,7,9H2,1-2H3. The number of ether oxygens (including phenoxy) is 2. The van der Waals surface area contributed by atoms with Crippen molar-refractivity contribution in [1.82, 2.24) is 0 Å². The molecule has 0 unspecified atom stereocenters. The van der Waals surface area contributed by atoms with Crippen LogP contribution in [0.1, 0.15) is 24.5 Å². The van der Waals surface area contributed by atoms with Crippen molar-refractivity contribution in [2.24, 2.45) is 0 Å². The number of nitriles is 1. The van der Waals surface area contributed by atoms with Crippen LogP contribution in [0.4, 0.5) is 0 Å². The molecule has 0 aromatic heterocycles. The molecule has 1 rings (SSSR count). The van der Waals surface area contributed by atoms with Crippen molar-refractivity contribution in [3.8, 4) is 11.8 Å². The third kappa shape index (κ3) is 4.80. The van der Waals surface area contributed by atoms with Crippen molar-refractivity contribution in [3.05, 3.63) is 29.3 Å². The Morgan fingerprint density at radius 2 is 2.11 bits per heavy atom. The maximum atomic E-state index is 11.5. The molecule has 0 N–H and O–H groups in total. The molecule has 0 fully saturated rings. The van der Waals surface area contributed by atoms with Crippen LogP contribution in [-0.4, -0.2) is 25.0 Å². The van der Waals surface area contributed by atoms with Crippen molar-refractivity contribution in [2.45, 2.75) is 20.3 Å². The van der Waals surface area contributed by atoms with Gasteiger partial charge in [-0.25, -0.2) is 0 Å². The Hall–Kier alpha value is -2.35. The SMILES string of the molecule is CCOC(=O)CC(=O)COc1cc(C#N)ccc1C. The van der Waals surface area contributed by atoms with E-state index in [1.807, 2.05) is 13.0 Å².